The number of nitrogens with zero attached hydrogens (tertiary/aromatic N) is 2. The minimum absolute atomic E-state index is 0.230. The van der Waals surface area contributed by atoms with Crippen LogP contribution in [0.3, 0.4) is 0 Å². The molecule has 0 radical (unpaired) electrons. The molecule has 0 saturated heterocycles. The molecule has 0 aliphatic heterocycles. The summed E-state index contributed by atoms with van der Waals surface area (Å²) in [6.07, 6.45) is 5.43. The first-order valence-corrected chi connectivity index (χ1v) is 5.64. The lowest BCUT2D eigenvalue weighted by Gasteiger charge is -1.96. The van der Waals surface area contributed by atoms with E-state index in [1.165, 1.54) is 18.8 Å². The van der Waals surface area contributed by atoms with Crippen LogP contribution in [0.2, 0.25) is 0 Å². The summed E-state index contributed by atoms with van der Waals surface area (Å²) in [6.45, 7) is 0.313. The Morgan fingerprint density at radius 2 is 2.11 bits per heavy atom. The molecule has 1 aromatic rings. The van der Waals surface area contributed by atoms with Crippen LogP contribution in [0.5, 0.6) is 0 Å². The molecule has 1 rings (SSSR count). The predicted molar refractivity (Wildman–Crippen MR) is 65.3 cm³/mol. The van der Waals surface area contributed by atoms with Crippen molar-refractivity contribution in [3.8, 4) is 0 Å². The number of aromatic amines is 1. The Labute approximate surface area is 104 Å². The molecule has 1 N–H and O–H groups in total. The molecule has 7 nitrogen and oxygen atoms in total. The van der Waals surface area contributed by atoms with Crippen LogP contribution in [-0.4, -0.2) is 27.4 Å². The minimum Gasteiger partial charge on any atom is -0.469 e. The van der Waals surface area contributed by atoms with E-state index in [0.717, 1.165) is 11.0 Å². The van der Waals surface area contributed by atoms with Crippen molar-refractivity contribution in [1.29, 1.82) is 0 Å². The van der Waals surface area contributed by atoms with Gasteiger partial charge in [0.2, 0.25) is 0 Å². The highest BCUT2D eigenvalue weighted by Crippen LogP contribution is 1.98. The molecule has 0 atom stereocenters. The van der Waals surface area contributed by atoms with Gasteiger partial charge in [-0.1, -0.05) is 12.2 Å². The van der Waals surface area contributed by atoms with Crippen LogP contribution in [0.15, 0.2) is 21.7 Å². The Hall–Kier alpha value is -2.05. The van der Waals surface area contributed by atoms with Gasteiger partial charge in [0.05, 0.1) is 13.7 Å². The summed E-state index contributed by atoms with van der Waals surface area (Å²) < 4.78 is 6.73. The molecule has 0 aromatic carbocycles. The Morgan fingerprint density at radius 3 is 2.67 bits per heavy atom. The van der Waals surface area contributed by atoms with Crippen molar-refractivity contribution >= 4 is 5.97 Å². The molecule has 1 aromatic heterocycles. The number of H-pyrrole nitrogens is 1. The molecule has 0 saturated carbocycles. The Balaban J connectivity index is 2.37. The van der Waals surface area contributed by atoms with Gasteiger partial charge in [0.25, 0.3) is 0 Å². The van der Waals surface area contributed by atoms with Crippen molar-refractivity contribution in [3.63, 3.8) is 0 Å². The number of carbonyl (C=O) groups excluding carboxylic acids is 1. The predicted octanol–water partition coefficient (Wildman–Crippen LogP) is -0.225. The minimum atomic E-state index is -0.431. The first-order chi connectivity index (χ1) is 8.56. The van der Waals surface area contributed by atoms with Crippen molar-refractivity contribution in [1.82, 2.24) is 14.3 Å². The number of unbranched alkanes of at least 4 members (excludes halogenated alkanes) is 1. The summed E-state index contributed by atoms with van der Waals surface area (Å²) in [4.78, 5) is 33.4. The average molecular weight is 255 g/mol. The largest absolute Gasteiger partial charge is 0.469 e. The second-order valence-electron chi connectivity index (χ2n) is 3.81. The zero-order valence-corrected chi connectivity index (χ0v) is 10.5. The highest BCUT2D eigenvalue weighted by atomic mass is 16.5. The lowest BCUT2D eigenvalue weighted by molar-refractivity contribution is -0.140. The van der Waals surface area contributed by atoms with Crippen molar-refractivity contribution in [2.45, 2.75) is 25.8 Å². The molecule has 18 heavy (non-hydrogen) atoms. The van der Waals surface area contributed by atoms with Crippen LogP contribution in [-0.2, 0) is 23.1 Å². The fourth-order valence-corrected chi connectivity index (χ4v) is 1.39. The second-order valence-corrected chi connectivity index (χ2v) is 3.81. The number of allylic oxidation sites excluding steroid dienone is 2. The molecule has 7 heteroatoms. The van der Waals surface area contributed by atoms with Gasteiger partial charge in [-0.25, -0.2) is 23.9 Å². The standard InChI is InChI=1S/C11H17N3O4/c1-13-10(16)12-14(11(13)17)8-6-4-3-5-7-9(15)18-2/h4,6H,3,5,7-8H2,1-2H3,(H,12,16)/b6-4+. The van der Waals surface area contributed by atoms with Gasteiger partial charge in [-0.05, 0) is 12.8 Å². The zero-order chi connectivity index (χ0) is 13.5. The molecule has 0 fully saturated rings. The molecular formula is C11H17N3O4. The van der Waals surface area contributed by atoms with Gasteiger partial charge >= 0.3 is 17.3 Å². The maximum atomic E-state index is 11.4. The normalized spacial score (nSPS) is 11.0. The van der Waals surface area contributed by atoms with Crippen molar-refractivity contribution in [2.24, 2.45) is 7.05 Å². The summed E-state index contributed by atoms with van der Waals surface area (Å²) in [7, 11) is 2.77. The highest BCUT2D eigenvalue weighted by Gasteiger charge is 2.02. The van der Waals surface area contributed by atoms with E-state index in [4.69, 9.17) is 0 Å². The molecule has 0 unspecified atom stereocenters. The topological polar surface area (TPSA) is 86.1 Å². The molecule has 0 aliphatic carbocycles. The molecule has 0 aliphatic rings. The van der Waals surface area contributed by atoms with Crippen molar-refractivity contribution in [2.75, 3.05) is 7.11 Å². The van der Waals surface area contributed by atoms with Crippen LogP contribution in [0.25, 0.3) is 0 Å². The SMILES string of the molecule is COC(=O)CCC/C=C/Cn1[nH]c(=O)n(C)c1=O. The summed E-state index contributed by atoms with van der Waals surface area (Å²) >= 11 is 0. The van der Waals surface area contributed by atoms with Crippen LogP contribution in [0.4, 0.5) is 0 Å². The van der Waals surface area contributed by atoms with Gasteiger partial charge in [0, 0.05) is 13.5 Å². The number of rotatable bonds is 6. The van der Waals surface area contributed by atoms with Gasteiger partial charge < -0.3 is 4.74 Å². The van der Waals surface area contributed by atoms with E-state index >= 15 is 0 Å². The lowest BCUT2D eigenvalue weighted by atomic mass is 10.2. The number of ether oxygens (including phenoxy) is 1. The third kappa shape index (κ3) is 3.76. The van der Waals surface area contributed by atoms with E-state index in [9.17, 15) is 14.4 Å². The Morgan fingerprint density at radius 1 is 1.39 bits per heavy atom. The molecule has 0 bridgehead atoms. The van der Waals surface area contributed by atoms with E-state index in [1.807, 2.05) is 6.08 Å². The van der Waals surface area contributed by atoms with Crippen LogP contribution >= 0.6 is 0 Å². The Bertz CT molecular complexity index is 535. The van der Waals surface area contributed by atoms with E-state index in [-0.39, 0.29) is 11.7 Å². The molecule has 100 valence electrons. The van der Waals surface area contributed by atoms with Crippen molar-refractivity contribution in [3.05, 3.63) is 33.1 Å². The maximum Gasteiger partial charge on any atom is 0.346 e. The van der Waals surface area contributed by atoms with Gasteiger partial charge in [-0.15, -0.1) is 0 Å². The molecular weight excluding hydrogens is 238 g/mol. The van der Waals surface area contributed by atoms with Crippen LogP contribution in [0.1, 0.15) is 19.3 Å². The van der Waals surface area contributed by atoms with E-state index < -0.39 is 5.69 Å². The highest BCUT2D eigenvalue weighted by molar-refractivity contribution is 5.68. The summed E-state index contributed by atoms with van der Waals surface area (Å²) in [5, 5.41) is 2.42. The average Bonchev–Trinajstić information content (AvgIpc) is 2.61. The van der Waals surface area contributed by atoms with E-state index in [2.05, 4.69) is 9.84 Å². The number of esters is 1. The first-order valence-electron chi connectivity index (χ1n) is 5.64. The Kier molecular flexibility index (Phi) is 5.16. The van der Waals surface area contributed by atoms with Gasteiger partial charge in [0.1, 0.15) is 0 Å². The second kappa shape index (κ2) is 6.63. The number of nitrogens with one attached hydrogen (secondary N) is 1. The summed E-state index contributed by atoms with van der Waals surface area (Å²) in [6, 6.07) is 0. The van der Waals surface area contributed by atoms with Gasteiger partial charge in [-0.2, -0.15) is 0 Å². The molecule has 0 amide bonds. The monoisotopic (exact) mass is 255 g/mol. The summed E-state index contributed by atoms with van der Waals surface area (Å²) in [5.41, 5.74) is -0.807. The number of methoxy groups -OCH3 is 1. The van der Waals surface area contributed by atoms with E-state index in [0.29, 0.717) is 19.4 Å². The smallest absolute Gasteiger partial charge is 0.346 e. The quantitative estimate of drug-likeness (QED) is 0.432. The zero-order valence-electron chi connectivity index (χ0n) is 10.5. The summed E-state index contributed by atoms with van der Waals surface area (Å²) in [5.74, 6) is -0.230. The van der Waals surface area contributed by atoms with Gasteiger partial charge in [-0.3, -0.25) is 4.79 Å². The first kappa shape index (κ1) is 14.0. The maximum absolute atomic E-state index is 11.4. The number of hydrogen-bond acceptors (Lipinski definition) is 4. The number of aromatic nitrogens is 3. The lowest BCUT2D eigenvalue weighted by Crippen LogP contribution is -2.25. The van der Waals surface area contributed by atoms with E-state index in [1.54, 1.807) is 6.08 Å². The van der Waals surface area contributed by atoms with Crippen LogP contribution in [0, 0.1) is 0 Å². The molecule has 1 heterocycles. The van der Waals surface area contributed by atoms with Gasteiger partial charge in [0.15, 0.2) is 0 Å². The number of carbonyl (C=O) groups is 1. The molecule has 0 spiro atoms. The van der Waals surface area contributed by atoms with Crippen LogP contribution < -0.4 is 11.4 Å². The third-order valence-electron chi connectivity index (χ3n) is 2.49. The third-order valence-corrected chi connectivity index (χ3v) is 2.49. The fourth-order valence-electron chi connectivity index (χ4n) is 1.39. The fraction of sp³-hybridized carbons (Fsp3) is 0.545. The van der Waals surface area contributed by atoms with Crippen molar-refractivity contribution < 1.29 is 9.53 Å². The number of hydrogen-bond donors (Lipinski definition) is 1.